The summed E-state index contributed by atoms with van der Waals surface area (Å²) in [5, 5.41) is 11.2. The monoisotopic (exact) mass is 577 g/mol. The van der Waals surface area contributed by atoms with Gasteiger partial charge in [-0.15, -0.1) is 0 Å². The van der Waals surface area contributed by atoms with Crippen molar-refractivity contribution >= 4 is 0 Å². The molecule has 2 aliphatic rings. The van der Waals surface area contributed by atoms with E-state index in [2.05, 4.69) is 4.90 Å². The van der Waals surface area contributed by atoms with Gasteiger partial charge in [-0.2, -0.15) is 26.3 Å². The van der Waals surface area contributed by atoms with E-state index in [4.69, 9.17) is 4.74 Å². The Labute approximate surface area is 235 Å². The Balaban J connectivity index is 1.56. The van der Waals surface area contributed by atoms with Crippen LogP contribution < -0.4 is 0 Å². The second kappa shape index (κ2) is 10.7. The van der Waals surface area contributed by atoms with Crippen LogP contribution in [0.5, 0.6) is 0 Å². The number of piperidine rings is 1. The number of hydrogen-bond acceptors (Lipinski definition) is 3. The molecule has 4 unspecified atom stereocenters. The average molecular weight is 578 g/mol. The van der Waals surface area contributed by atoms with Crippen LogP contribution in [0.25, 0.3) is 0 Å². The molecule has 2 fully saturated rings. The van der Waals surface area contributed by atoms with E-state index in [-0.39, 0.29) is 23.6 Å². The van der Waals surface area contributed by atoms with Crippen molar-refractivity contribution in [2.24, 2.45) is 5.92 Å². The first-order valence-electron chi connectivity index (χ1n) is 13.7. The van der Waals surface area contributed by atoms with Gasteiger partial charge >= 0.3 is 12.4 Å². The van der Waals surface area contributed by atoms with Gasteiger partial charge in [0.15, 0.2) is 0 Å². The molecule has 0 radical (unpaired) electrons. The highest BCUT2D eigenvalue weighted by atomic mass is 19.4. The molecule has 3 aromatic rings. The summed E-state index contributed by atoms with van der Waals surface area (Å²) in [5.41, 5.74) is -2.68. The van der Waals surface area contributed by atoms with Crippen molar-refractivity contribution in [3.63, 3.8) is 0 Å². The summed E-state index contributed by atoms with van der Waals surface area (Å²) >= 11 is 0. The fourth-order valence-electron chi connectivity index (χ4n) is 6.81. The Morgan fingerprint density at radius 1 is 0.805 bits per heavy atom. The molecule has 0 saturated carbocycles. The summed E-state index contributed by atoms with van der Waals surface area (Å²) in [5.74, 6) is -0.134. The zero-order valence-electron chi connectivity index (χ0n) is 22.8. The summed E-state index contributed by atoms with van der Waals surface area (Å²) in [7, 11) is 0. The Morgan fingerprint density at radius 2 is 1.37 bits per heavy atom. The van der Waals surface area contributed by atoms with Gasteiger partial charge in [-0.3, -0.25) is 4.90 Å². The standard InChI is InChI=1S/C32H33F6NO2/c1-29(2,40)26-18-30(23-11-7-4-8-12-23)28(14-13-27(26)39(30)19-21-9-5-3-6-10-21)41-20-22-15-24(31(33,34)35)17-25(16-22)32(36,37)38/h3-12,15-17,26-28,40H,13-14,18-20H2,1-2H3. The molecule has 220 valence electrons. The third-order valence-electron chi connectivity index (χ3n) is 8.64. The molecule has 3 aromatic carbocycles. The number of benzene rings is 3. The average Bonchev–Trinajstić information content (AvgIpc) is 3.12. The number of halogens is 6. The van der Waals surface area contributed by atoms with Gasteiger partial charge in [-0.1, -0.05) is 60.7 Å². The Kier molecular flexibility index (Phi) is 7.76. The Morgan fingerprint density at radius 3 is 1.90 bits per heavy atom. The first-order valence-corrected chi connectivity index (χ1v) is 13.7. The van der Waals surface area contributed by atoms with Crippen molar-refractivity contribution in [1.82, 2.24) is 4.90 Å². The lowest BCUT2D eigenvalue weighted by molar-refractivity contribution is -0.143. The van der Waals surface area contributed by atoms with Crippen LogP contribution in [0.15, 0.2) is 78.9 Å². The molecular formula is C32H33F6NO2. The van der Waals surface area contributed by atoms with E-state index < -0.39 is 47.3 Å². The molecule has 0 amide bonds. The zero-order chi connectivity index (χ0) is 29.6. The number of fused-ring (bicyclic) bond motifs is 2. The molecule has 0 spiro atoms. The van der Waals surface area contributed by atoms with Crippen LogP contribution in [0.3, 0.4) is 0 Å². The minimum absolute atomic E-state index is 0.000603. The van der Waals surface area contributed by atoms with E-state index >= 15 is 0 Å². The van der Waals surface area contributed by atoms with Crippen molar-refractivity contribution in [3.05, 3.63) is 107 Å². The molecule has 2 bridgehead atoms. The van der Waals surface area contributed by atoms with Crippen LogP contribution in [-0.4, -0.2) is 27.8 Å². The zero-order valence-corrected chi connectivity index (χ0v) is 22.8. The number of alkyl halides is 6. The van der Waals surface area contributed by atoms with Gasteiger partial charge < -0.3 is 9.84 Å². The molecule has 1 N–H and O–H groups in total. The minimum Gasteiger partial charge on any atom is -0.390 e. The molecule has 5 rings (SSSR count). The highest BCUT2D eigenvalue weighted by Crippen LogP contribution is 2.57. The van der Waals surface area contributed by atoms with E-state index in [1.165, 1.54) is 0 Å². The number of aliphatic hydroxyl groups is 1. The third kappa shape index (κ3) is 5.90. The summed E-state index contributed by atoms with van der Waals surface area (Å²) in [6.07, 6.45) is -8.67. The van der Waals surface area contributed by atoms with Gasteiger partial charge in [0, 0.05) is 18.5 Å². The maximum atomic E-state index is 13.5. The topological polar surface area (TPSA) is 32.7 Å². The number of hydrogen-bond donors (Lipinski definition) is 1. The SMILES string of the molecule is CC(C)(O)C1CC2(c3ccccc3)C(OCc3cc(C(F)(F)F)cc(C(F)(F)F)c3)CCC1N2Cc1ccccc1. The van der Waals surface area contributed by atoms with Crippen molar-refractivity contribution < 1.29 is 36.2 Å². The molecule has 2 heterocycles. The van der Waals surface area contributed by atoms with Crippen LogP contribution in [-0.2, 0) is 35.8 Å². The van der Waals surface area contributed by atoms with Crippen LogP contribution in [0.1, 0.15) is 60.9 Å². The minimum atomic E-state index is -4.93. The second-order valence-corrected chi connectivity index (χ2v) is 11.7. The first kappa shape index (κ1) is 29.6. The van der Waals surface area contributed by atoms with Gasteiger partial charge in [0.25, 0.3) is 0 Å². The van der Waals surface area contributed by atoms with Crippen LogP contribution in [0.2, 0.25) is 0 Å². The Hall–Kier alpha value is -2.88. The predicted octanol–water partition coefficient (Wildman–Crippen LogP) is 7.96. The lowest BCUT2D eigenvalue weighted by Gasteiger charge is -2.50. The Bertz CT molecular complexity index is 1300. The van der Waals surface area contributed by atoms with Crippen LogP contribution in [0.4, 0.5) is 26.3 Å². The van der Waals surface area contributed by atoms with E-state index in [0.717, 1.165) is 23.3 Å². The molecule has 2 aliphatic heterocycles. The van der Waals surface area contributed by atoms with E-state index in [1.807, 2.05) is 60.7 Å². The van der Waals surface area contributed by atoms with Gasteiger partial charge in [0.1, 0.15) is 0 Å². The number of rotatable bonds is 7. The lowest BCUT2D eigenvalue weighted by Crippen LogP contribution is -2.56. The maximum Gasteiger partial charge on any atom is 0.416 e. The first-order chi connectivity index (χ1) is 19.2. The van der Waals surface area contributed by atoms with Gasteiger partial charge in [0.2, 0.25) is 0 Å². The van der Waals surface area contributed by atoms with Crippen LogP contribution in [0, 0.1) is 5.92 Å². The van der Waals surface area contributed by atoms with Crippen LogP contribution >= 0.6 is 0 Å². The van der Waals surface area contributed by atoms with E-state index in [9.17, 15) is 31.4 Å². The van der Waals surface area contributed by atoms with Crippen molar-refractivity contribution in [3.8, 4) is 0 Å². The molecule has 0 aromatic heterocycles. The van der Waals surface area contributed by atoms with Crippen molar-refractivity contribution in [1.29, 1.82) is 0 Å². The van der Waals surface area contributed by atoms with E-state index in [1.54, 1.807) is 13.8 Å². The number of nitrogens with zero attached hydrogens (tertiary/aromatic N) is 1. The van der Waals surface area contributed by atoms with Gasteiger partial charge in [-0.25, -0.2) is 0 Å². The number of ether oxygens (including phenoxy) is 1. The summed E-state index contributed by atoms with van der Waals surface area (Å²) in [4.78, 5) is 2.34. The van der Waals surface area contributed by atoms with Crippen molar-refractivity contribution in [2.45, 2.75) is 81.9 Å². The highest BCUT2D eigenvalue weighted by Gasteiger charge is 2.62. The normalized spacial score (nSPS) is 25.4. The molecular weight excluding hydrogens is 544 g/mol. The smallest absolute Gasteiger partial charge is 0.390 e. The van der Waals surface area contributed by atoms with E-state index in [0.29, 0.717) is 25.8 Å². The summed E-state index contributed by atoms with van der Waals surface area (Å²) < 4.78 is 87.4. The largest absolute Gasteiger partial charge is 0.416 e. The molecule has 0 aliphatic carbocycles. The van der Waals surface area contributed by atoms with Crippen molar-refractivity contribution in [2.75, 3.05) is 0 Å². The predicted molar refractivity (Wildman–Crippen MR) is 143 cm³/mol. The lowest BCUT2D eigenvalue weighted by atomic mass is 9.77. The maximum absolute atomic E-state index is 13.5. The van der Waals surface area contributed by atoms with Gasteiger partial charge in [0.05, 0.1) is 35.0 Å². The molecule has 2 saturated heterocycles. The third-order valence-corrected chi connectivity index (χ3v) is 8.64. The fraction of sp³-hybridized carbons (Fsp3) is 0.438. The fourth-order valence-corrected chi connectivity index (χ4v) is 6.81. The second-order valence-electron chi connectivity index (χ2n) is 11.7. The molecule has 41 heavy (non-hydrogen) atoms. The quantitative estimate of drug-likeness (QED) is 0.289. The summed E-state index contributed by atoms with van der Waals surface area (Å²) in [6.45, 7) is 3.71. The van der Waals surface area contributed by atoms with Gasteiger partial charge in [-0.05, 0) is 68.0 Å². The molecule has 4 atom stereocenters. The molecule has 9 heteroatoms. The summed E-state index contributed by atoms with van der Waals surface area (Å²) in [6, 6.07) is 21.1. The highest BCUT2D eigenvalue weighted by molar-refractivity contribution is 5.35. The molecule has 3 nitrogen and oxygen atoms in total.